The van der Waals surface area contributed by atoms with Crippen LogP contribution in [0.4, 0.5) is 0 Å². The molecule has 1 saturated carbocycles. The highest BCUT2D eigenvalue weighted by atomic mass is 16.4. The standard InChI is InChI=1S/C24H35N3O3/c1-4-14-27(24(29)18(2)3)16-20-11-8-15-26(20)17-21-12-13-22(30-21)23(28)25-19-9-6-5-7-10-19/h8,11-13,15,18-19H,4-7,9-10,14,16-17H2,1-3H3,(H,25,28). The van der Waals surface area contributed by atoms with E-state index in [0.717, 1.165) is 37.3 Å². The molecule has 30 heavy (non-hydrogen) atoms. The molecular formula is C24H35N3O3. The summed E-state index contributed by atoms with van der Waals surface area (Å²) in [7, 11) is 0. The van der Waals surface area contributed by atoms with E-state index in [1.54, 1.807) is 6.07 Å². The predicted molar refractivity (Wildman–Crippen MR) is 117 cm³/mol. The Morgan fingerprint density at radius 3 is 2.67 bits per heavy atom. The summed E-state index contributed by atoms with van der Waals surface area (Å²) in [5, 5.41) is 3.10. The van der Waals surface area contributed by atoms with Gasteiger partial charge in [0.1, 0.15) is 5.76 Å². The molecule has 6 nitrogen and oxygen atoms in total. The molecule has 0 aromatic carbocycles. The molecule has 0 saturated heterocycles. The third-order valence-corrected chi connectivity index (χ3v) is 5.73. The van der Waals surface area contributed by atoms with Gasteiger partial charge in [-0.05, 0) is 43.5 Å². The summed E-state index contributed by atoms with van der Waals surface area (Å²) in [5.41, 5.74) is 1.06. The molecule has 2 heterocycles. The van der Waals surface area contributed by atoms with Gasteiger partial charge in [-0.2, -0.15) is 0 Å². The third-order valence-electron chi connectivity index (χ3n) is 5.73. The van der Waals surface area contributed by atoms with E-state index in [2.05, 4.69) is 16.8 Å². The first-order chi connectivity index (χ1) is 14.5. The van der Waals surface area contributed by atoms with Gasteiger partial charge in [0.05, 0.1) is 13.1 Å². The molecule has 1 aliphatic carbocycles. The molecule has 2 aromatic heterocycles. The van der Waals surface area contributed by atoms with Crippen molar-refractivity contribution in [2.75, 3.05) is 6.54 Å². The second kappa shape index (κ2) is 10.5. The normalized spacial score (nSPS) is 14.8. The highest BCUT2D eigenvalue weighted by Crippen LogP contribution is 2.19. The number of furan rings is 1. The largest absolute Gasteiger partial charge is 0.454 e. The minimum absolute atomic E-state index is 0.0183. The lowest BCUT2D eigenvalue weighted by Gasteiger charge is -2.24. The number of rotatable bonds is 9. The van der Waals surface area contributed by atoms with Crippen LogP contribution < -0.4 is 5.32 Å². The average molecular weight is 414 g/mol. The van der Waals surface area contributed by atoms with E-state index in [9.17, 15) is 9.59 Å². The van der Waals surface area contributed by atoms with Gasteiger partial charge >= 0.3 is 0 Å². The van der Waals surface area contributed by atoms with E-state index in [1.807, 2.05) is 43.1 Å². The van der Waals surface area contributed by atoms with Crippen molar-refractivity contribution < 1.29 is 14.0 Å². The van der Waals surface area contributed by atoms with Crippen LogP contribution in [0, 0.1) is 5.92 Å². The van der Waals surface area contributed by atoms with Gasteiger partial charge in [-0.3, -0.25) is 9.59 Å². The van der Waals surface area contributed by atoms with Crippen LogP contribution in [0.2, 0.25) is 0 Å². The Labute approximate surface area is 179 Å². The van der Waals surface area contributed by atoms with Crippen molar-refractivity contribution in [2.24, 2.45) is 5.92 Å². The Morgan fingerprint density at radius 2 is 1.97 bits per heavy atom. The molecule has 0 spiro atoms. The number of hydrogen-bond donors (Lipinski definition) is 1. The zero-order chi connectivity index (χ0) is 21.5. The molecule has 1 aliphatic rings. The van der Waals surface area contributed by atoms with Gasteiger partial charge in [0, 0.05) is 30.4 Å². The van der Waals surface area contributed by atoms with Crippen molar-refractivity contribution in [3.63, 3.8) is 0 Å². The van der Waals surface area contributed by atoms with E-state index >= 15 is 0 Å². The van der Waals surface area contributed by atoms with Crippen molar-refractivity contribution in [3.05, 3.63) is 47.7 Å². The molecule has 1 fully saturated rings. The Balaban J connectivity index is 1.63. The number of aromatic nitrogens is 1. The number of carbonyl (C=O) groups excluding carboxylic acids is 2. The molecule has 6 heteroatoms. The Morgan fingerprint density at radius 1 is 1.20 bits per heavy atom. The minimum atomic E-state index is -0.127. The summed E-state index contributed by atoms with van der Waals surface area (Å²) in [5.74, 6) is 1.13. The van der Waals surface area contributed by atoms with Gasteiger partial charge in [-0.1, -0.05) is 40.0 Å². The van der Waals surface area contributed by atoms with Crippen LogP contribution in [-0.2, 0) is 17.9 Å². The molecular weight excluding hydrogens is 378 g/mol. The van der Waals surface area contributed by atoms with E-state index in [0.29, 0.717) is 18.8 Å². The van der Waals surface area contributed by atoms with Gasteiger partial charge < -0.3 is 19.2 Å². The molecule has 2 aromatic rings. The second-order valence-electron chi connectivity index (χ2n) is 8.62. The van der Waals surface area contributed by atoms with Crippen LogP contribution in [0.15, 0.2) is 34.9 Å². The molecule has 2 amide bonds. The van der Waals surface area contributed by atoms with Crippen LogP contribution in [0.1, 0.15) is 81.3 Å². The SMILES string of the molecule is CCCN(Cc1cccn1Cc1ccc(C(=O)NC2CCCCC2)o1)C(=O)C(C)C. The van der Waals surface area contributed by atoms with Gasteiger partial charge in [-0.25, -0.2) is 0 Å². The van der Waals surface area contributed by atoms with Crippen LogP contribution in [0.5, 0.6) is 0 Å². The zero-order valence-corrected chi connectivity index (χ0v) is 18.5. The number of nitrogens with zero attached hydrogens (tertiary/aromatic N) is 2. The van der Waals surface area contributed by atoms with E-state index < -0.39 is 0 Å². The summed E-state index contributed by atoms with van der Waals surface area (Å²) in [6.07, 6.45) is 8.64. The molecule has 3 rings (SSSR count). The molecule has 1 N–H and O–H groups in total. The van der Waals surface area contributed by atoms with Gasteiger partial charge in [0.2, 0.25) is 5.91 Å². The maximum atomic E-state index is 12.5. The molecule has 0 aliphatic heterocycles. The lowest BCUT2D eigenvalue weighted by molar-refractivity contribution is -0.135. The summed E-state index contributed by atoms with van der Waals surface area (Å²) >= 11 is 0. The first kappa shape index (κ1) is 22.2. The molecule has 0 atom stereocenters. The fourth-order valence-electron chi connectivity index (χ4n) is 4.10. The quantitative estimate of drug-likeness (QED) is 0.654. The van der Waals surface area contributed by atoms with Gasteiger partial charge in [0.15, 0.2) is 5.76 Å². The molecule has 0 radical (unpaired) electrons. The van der Waals surface area contributed by atoms with Crippen molar-refractivity contribution >= 4 is 11.8 Å². The number of nitrogens with one attached hydrogen (secondary N) is 1. The number of hydrogen-bond acceptors (Lipinski definition) is 3. The molecule has 0 bridgehead atoms. The van der Waals surface area contributed by atoms with Gasteiger partial charge in [0.25, 0.3) is 5.91 Å². The summed E-state index contributed by atoms with van der Waals surface area (Å²) < 4.78 is 7.92. The smallest absolute Gasteiger partial charge is 0.287 e. The van der Waals surface area contributed by atoms with E-state index in [-0.39, 0.29) is 23.8 Å². The summed E-state index contributed by atoms with van der Waals surface area (Å²) in [4.78, 5) is 26.9. The van der Waals surface area contributed by atoms with Crippen molar-refractivity contribution in [1.82, 2.24) is 14.8 Å². The Bertz CT molecular complexity index is 830. The first-order valence-electron chi connectivity index (χ1n) is 11.3. The third kappa shape index (κ3) is 5.77. The van der Waals surface area contributed by atoms with E-state index in [4.69, 9.17) is 4.42 Å². The lowest BCUT2D eigenvalue weighted by atomic mass is 9.95. The van der Waals surface area contributed by atoms with Crippen molar-refractivity contribution in [2.45, 2.75) is 78.4 Å². The van der Waals surface area contributed by atoms with E-state index in [1.165, 1.54) is 19.3 Å². The number of carbonyl (C=O) groups is 2. The number of amides is 2. The fraction of sp³-hybridized carbons (Fsp3) is 0.583. The van der Waals surface area contributed by atoms with Crippen LogP contribution in [0.25, 0.3) is 0 Å². The van der Waals surface area contributed by atoms with Crippen molar-refractivity contribution in [1.29, 1.82) is 0 Å². The average Bonchev–Trinajstić information content (AvgIpc) is 3.38. The predicted octanol–water partition coefficient (Wildman–Crippen LogP) is 4.59. The molecule has 0 unspecified atom stereocenters. The summed E-state index contributed by atoms with van der Waals surface area (Å²) in [6.45, 7) is 7.82. The maximum Gasteiger partial charge on any atom is 0.287 e. The highest BCUT2D eigenvalue weighted by molar-refractivity contribution is 5.91. The molecule has 164 valence electrons. The van der Waals surface area contributed by atoms with Crippen molar-refractivity contribution in [3.8, 4) is 0 Å². The maximum absolute atomic E-state index is 12.5. The lowest BCUT2D eigenvalue weighted by Crippen LogP contribution is -2.35. The van der Waals surface area contributed by atoms with Crippen LogP contribution in [0.3, 0.4) is 0 Å². The summed E-state index contributed by atoms with van der Waals surface area (Å²) in [6, 6.07) is 7.90. The zero-order valence-electron chi connectivity index (χ0n) is 18.5. The fourth-order valence-corrected chi connectivity index (χ4v) is 4.10. The topological polar surface area (TPSA) is 67.5 Å². The highest BCUT2D eigenvalue weighted by Gasteiger charge is 2.20. The second-order valence-corrected chi connectivity index (χ2v) is 8.62. The van der Waals surface area contributed by atoms with Crippen LogP contribution in [-0.4, -0.2) is 33.9 Å². The van der Waals surface area contributed by atoms with Crippen LogP contribution >= 0.6 is 0 Å². The monoisotopic (exact) mass is 413 g/mol. The minimum Gasteiger partial charge on any atom is -0.454 e. The Hall–Kier alpha value is -2.50. The first-order valence-corrected chi connectivity index (χ1v) is 11.3. The Kier molecular flexibility index (Phi) is 7.77. The van der Waals surface area contributed by atoms with Gasteiger partial charge in [-0.15, -0.1) is 0 Å².